The van der Waals surface area contributed by atoms with E-state index in [9.17, 15) is 4.21 Å². The van der Waals surface area contributed by atoms with Crippen molar-refractivity contribution in [1.82, 2.24) is 9.97 Å². The third kappa shape index (κ3) is 4.47. The second-order valence-electron chi connectivity index (χ2n) is 6.23. The van der Waals surface area contributed by atoms with Crippen LogP contribution < -0.4 is 5.32 Å². The van der Waals surface area contributed by atoms with E-state index in [2.05, 4.69) is 34.7 Å². The van der Waals surface area contributed by atoms with Gasteiger partial charge in [0, 0.05) is 46.9 Å². The molecule has 0 saturated carbocycles. The fourth-order valence-corrected chi connectivity index (χ4v) is 4.41. The third-order valence-corrected chi connectivity index (χ3v) is 5.74. The minimum absolute atomic E-state index is 0.163. The van der Waals surface area contributed by atoms with Crippen molar-refractivity contribution in [3.05, 3.63) is 41.5 Å². The van der Waals surface area contributed by atoms with Crippen LogP contribution in [0.5, 0.6) is 0 Å². The Kier molecular flexibility index (Phi) is 6.34. The van der Waals surface area contributed by atoms with Crippen molar-refractivity contribution >= 4 is 38.2 Å². The van der Waals surface area contributed by atoms with Crippen LogP contribution in [0, 0.1) is 0 Å². The predicted molar refractivity (Wildman–Crippen MR) is 110 cm³/mol. The van der Waals surface area contributed by atoms with E-state index in [4.69, 9.17) is 9.72 Å². The number of nitrogens with zero attached hydrogens (tertiary/aromatic N) is 2. The van der Waals surface area contributed by atoms with E-state index < -0.39 is 10.8 Å². The monoisotopic (exact) mass is 389 g/mol. The number of ether oxygens (including phenoxy) is 1. The lowest BCUT2D eigenvalue weighted by atomic mass is 10.1. The molecule has 0 aliphatic carbocycles. The van der Waals surface area contributed by atoms with Gasteiger partial charge in [-0.3, -0.25) is 4.21 Å². The Bertz CT molecular complexity index is 896. The summed E-state index contributed by atoms with van der Waals surface area (Å²) in [5, 5.41) is 6.66. The Balaban J connectivity index is 2.02. The lowest BCUT2D eigenvalue weighted by molar-refractivity contribution is 0.178. The van der Waals surface area contributed by atoms with Crippen LogP contribution in [0.2, 0.25) is 0 Å². The van der Waals surface area contributed by atoms with Crippen LogP contribution in [0.4, 0.5) is 5.82 Å². The second-order valence-corrected chi connectivity index (χ2v) is 8.64. The maximum absolute atomic E-state index is 11.4. The van der Waals surface area contributed by atoms with Gasteiger partial charge in [0.1, 0.15) is 17.3 Å². The highest BCUT2D eigenvalue weighted by Gasteiger charge is 2.17. The third-order valence-electron chi connectivity index (χ3n) is 4.06. The molecule has 0 aliphatic heterocycles. The van der Waals surface area contributed by atoms with Crippen LogP contribution in [0.1, 0.15) is 19.2 Å². The van der Waals surface area contributed by atoms with Gasteiger partial charge in [-0.05, 0) is 18.9 Å². The Morgan fingerprint density at radius 2 is 2.04 bits per heavy atom. The van der Waals surface area contributed by atoms with Crippen molar-refractivity contribution in [3.8, 4) is 11.1 Å². The van der Waals surface area contributed by atoms with E-state index in [0.717, 1.165) is 33.6 Å². The van der Waals surface area contributed by atoms with Gasteiger partial charge < -0.3 is 10.1 Å². The Hall–Kier alpha value is -1.83. The van der Waals surface area contributed by atoms with Crippen molar-refractivity contribution in [2.45, 2.75) is 26.0 Å². The normalized spacial score (nSPS) is 13.7. The molecule has 0 fully saturated rings. The number of rotatable bonds is 8. The van der Waals surface area contributed by atoms with E-state index >= 15 is 0 Å². The highest BCUT2D eigenvalue weighted by atomic mass is 32.2. The minimum Gasteiger partial charge on any atom is -0.377 e. The molecule has 7 heteroatoms. The number of anilines is 1. The number of benzene rings is 1. The first kappa shape index (κ1) is 18.9. The lowest BCUT2D eigenvalue weighted by Gasteiger charge is -2.16. The Labute approximate surface area is 160 Å². The quantitative estimate of drug-likeness (QED) is 0.629. The van der Waals surface area contributed by atoms with Gasteiger partial charge in [-0.25, -0.2) is 9.97 Å². The maximum atomic E-state index is 11.4. The fraction of sp³-hybridized carbons (Fsp3) is 0.368. The van der Waals surface area contributed by atoms with Gasteiger partial charge in [-0.1, -0.05) is 30.3 Å². The molecule has 138 valence electrons. The largest absolute Gasteiger partial charge is 0.377 e. The maximum Gasteiger partial charge on any atom is 0.158 e. The van der Waals surface area contributed by atoms with Crippen molar-refractivity contribution in [3.63, 3.8) is 0 Å². The average molecular weight is 390 g/mol. The van der Waals surface area contributed by atoms with Gasteiger partial charge in [0.15, 0.2) is 5.82 Å². The molecule has 0 radical (unpaired) electrons. The number of aromatic nitrogens is 2. The van der Waals surface area contributed by atoms with Crippen LogP contribution in [0.15, 0.2) is 35.7 Å². The van der Waals surface area contributed by atoms with E-state index in [-0.39, 0.29) is 6.04 Å². The first-order valence-electron chi connectivity index (χ1n) is 8.47. The first-order chi connectivity index (χ1) is 12.6. The molecular weight excluding hydrogens is 366 g/mol. The van der Waals surface area contributed by atoms with E-state index in [1.807, 2.05) is 18.2 Å². The Morgan fingerprint density at radius 1 is 1.27 bits per heavy atom. The number of thiophene rings is 1. The van der Waals surface area contributed by atoms with Crippen molar-refractivity contribution in [1.29, 1.82) is 0 Å². The zero-order valence-corrected chi connectivity index (χ0v) is 16.8. The molecule has 0 aliphatic rings. The highest BCUT2D eigenvalue weighted by Crippen LogP contribution is 2.37. The number of hydrogen-bond donors (Lipinski definition) is 1. The van der Waals surface area contributed by atoms with E-state index in [1.54, 1.807) is 24.7 Å². The highest BCUT2D eigenvalue weighted by molar-refractivity contribution is 7.84. The molecule has 3 aromatic rings. The molecule has 0 saturated heterocycles. The van der Waals surface area contributed by atoms with Gasteiger partial charge in [-0.2, -0.15) is 0 Å². The lowest BCUT2D eigenvalue weighted by Crippen LogP contribution is -2.19. The molecule has 0 spiro atoms. The standard InChI is InChI=1S/C19H23N3O2S2/c1-13(9-10-26(3)23)20-18-17-15(14-7-5-4-6-8-14)12-25-19(17)22-16(21-18)11-24-2/h4-8,12-13H,9-11H2,1-3H3,(H,20,21,22)/t13-,26+/m0/s1. The minimum atomic E-state index is -0.796. The molecule has 1 N–H and O–H groups in total. The molecule has 3 rings (SSSR count). The molecule has 0 unspecified atom stereocenters. The molecule has 26 heavy (non-hydrogen) atoms. The van der Waals surface area contributed by atoms with Gasteiger partial charge in [-0.15, -0.1) is 11.3 Å². The summed E-state index contributed by atoms with van der Waals surface area (Å²) in [5.41, 5.74) is 2.27. The number of nitrogens with one attached hydrogen (secondary N) is 1. The summed E-state index contributed by atoms with van der Waals surface area (Å²) in [6, 6.07) is 10.4. The SMILES string of the molecule is COCc1nc(N[C@@H](C)CC[S@@](C)=O)c2c(-c3ccccc3)csc2n1. The molecule has 2 heterocycles. The van der Waals surface area contributed by atoms with Crippen LogP contribution in [0.25, 0.3) is 21.3 Å². The molecule has 2 atom stereocenters. The van der Waals surface area contributed by atoms with Crippen molar-refractivity contribution < 1.29 is 8.95 Å². The van der Waals surface area contributed by atoms with Gasteiger partial charge in [0.05, 0.1) is 5.39 Å². The summed E-state index contributed by atoms with van der Waals surface area (Å²) in [6.07, 6.45) is 2.55. The predicted octanol–water partition coefficient (Wildman–Crippen LogP) is 4.07. The zero-order chi connectivity index (χ0) is 18.5. The van der Waals surface area contributed by atoms with E-state index in [0.29, 0.717) is 18.2 Å². The molecule has 1 aromatic carbocycles. The van der Waals surface area contributed by atoms with Crippen molar-refractivity contribution in [2.24, 2.45) is 0 Å². The molecule has 0 bridgehead atoms. The number of methoxy groups -OCH3 is 1. The summed E-state index contributed by atoms with van der Waals surface area (Å²) in [6.45, 7) is 2.46. The smallest absolute Gasteiger partial charge is 0.158 e. The second kappa shape index (κ2) is 8.70. The van der Waals surface area contributed by atoms with Crippen LogP contribution >= 0.6 is 11.3 Å². The van der Waals surface area contributed by atoms with Crippen LogP contribution in [-0.4, -0.2) is 39.3 Å². The summed E-state index contributed by atoms with van der Waals surface area (Å²) >= 11 is 1.61. The zero-order valence-electron chi connectivity index (χ0n) is 15.2. The molecule has 2 aromatic heterocycles. The van der Waals surface area contributed by atoms with Crippen LogP contribution in [0.3, 0.4) is 0 Å². The topological polar surface area (TPSA) is 64.1 Å². The summed E-state index contributed by atoms with van der Waals surface area (Å²) < 4.78 is 16.6. The van der Waals surface area contributed by atoms with Gasteiger partial charge in [0.2, 0.25) is 0 Å². The van der Waals surface area contributed by atoms with Crippen LogP contribution in [-0.2, 0) is 22.1 Å². The molecule has 5 nitrogen and oxygen atoms in total. The summed E-state index contributed by atoms with van der Waals surface area (Å²) in [4.78, 5) is 10.3. The van der Waals surface area contributed by atoms with E-state index in [1.165, 1.54) is 0 Å². The molecular formula is C19H23N3O2S2. The van der Waals surface area contributed by atoms with Gasteiger partial charge in [0.25, 0.3) is 0 Å². The molecule has 0 amide bonds. The first-order valence-corrected chi connectivity index (χ1v) is 11.1. The van der Waals surface area contributed by atoms with Crippen molar-refractivity contribution in [2.75, 3.05) is 24.4 Å². The Morgan fingerprint density at radius 3 is 2.73 bits per heavy atom. The fourth-order valence-electron chi connectivity index (χ4n) is 2.76. The van der Waals surface area contributed by atoms with Gasteiger partial charge >= 0.3 is 0 Å². The summed E-state index contributed by atoms with van der Waals surface area (Å²) in [5.74, 6) is 2.15. The average Bonchev–Trinajstić information content (AvgIpc) is 3.05. The summed E-state index contributed by atoms with van der Waals surface area (Å²) in [7, 11) is 0.847. The number of hydrogen-bond acceptors (Lipinski definition) is 6. The number of fused-ring (bicyclic) bond motifs is 1.